The number of nitrogens with one attached hydrogen (secondary N) is 3. The van der Waals surface area contributed by atoms with E-state index in [1.807, 2.05) is 51.2 Å². The monoisotopic (exact) mass is 629 g/mol. The molecule has 5 rings (SSSR count). The Kier molecular flexibility index (Phi) is 9.71. The average Bonchev–Trinajstić information content (AvgIpc) is 3.42. The van der Waals surface area contributed by atoms with Crippen LogP contribution in [0.15, 0.2) is 36.7 Å². The van der Waals surface area contributed by atoms with Crippen molar-refractivity contribution in [2.45, 2.75) is 51.6 Å². The van der Waals surface area contributed by atoms with Gasteiger partial charge in [0.15, 0.2) is 0 Å². The molecule has 3 aromatic rings. The molecule has 10 nitrogen and oxygen atoms in total. The number of piperazine rings is 1. The summed E-state index contributed by atoms with van der Waals surface area (Å²) >= 11 is 0. The van der Waals surface area contributed by atoms with Crippen LogP contribution in [0.2, 0.25) is 0 Å². The first kappa shape index (κ1) is 32.7. The lowest BCUT2D eigenvalue weighted by molar-refractivity contribution is -0.149. The third-order valence-electron chi connectivity index (χ3n) is 9.13. The third-order valence-corrected chi connectivity index (χ3v) is 9.13. The number of halogens is 3. The number of piperidine rings is 1. The van der Waals surface area contributed by atoms with Gasteiger partial charge in [0.05, 0.1) is 24.1 Å². The highest BCUT2D eigenvalue weighted by molar-refractivity contribution is 5.99. The second-order valence-corrected chi connectivity index (χ2v) is 12.1. The molecule has 45 heavy (non-hydrogen) atoms. The van der Waals surface area contributed by atoms with Gasteiger partial charge in [-0.1, -0.05) is 0 Å². The second-order valence-electron chi connectivity index (χ2n) is 12.1. The van der Waals surface area contributed by atoms with Crippen LogP contribution in [0.1, 0.15) is 47.9 Å². The molecule has 0 bridgehead atoms. The Morgan fingerprint density at radius 3 is 2.56 bits per heavy atom. The van der Waals surface area contributed by atoms with Gasteiger partial charge in [-0.25, -0.2) is 4.98 Å². The predicted molar refractivity (Wildman–Crippen MR) is 166 cm³/mol. The van der Waals surface area contributed by atoms with Crippen molar-refractivity contribution in [1.82, 2.24) is 29.8 Å². The van der Waals surface area contributed by atoms with E-state index in [1.165, 1.54) is 4.90 Å². The summed E-state index contributed by atoms with van der Waals surface area (Å²) < 4.78 is 46.7. The fraction of sp³-hybridized carbons (Fsp3) is 0.531. The van der Waals surface area contributed by atoms with Crippen LogP contribution in [-0.4, -0.2) is 103 Å². The lowest BCUT2D eigenvalue weighted by Gasteiger charge is -2.39. The molecule has 2 saturated heterocycles. The summed E-state index contributed by atoms with van der Waals surface area (Å²) in [5.41, 5.74) is 4.69. The standard InChI is InChI=1S/C32H42F3N7O3/c1-19-14-27(45-5)25(31(44)39-19)17-38-30(43)24-15-26-23(22-6-7-28(36-4)37-16-22)8-9-42(26)29(20(24)2)21(3)41-12-10-40(11-13-41)18-32(33,34)35/h6-9,15-16,19,21,25,27H,10-14,17-18H2,1-5H3,(H,36,37)(H,38,43)(H,39,44). The first-order valence-corrected chi connectivity index (χ1v) is 15.3. The molecule has 0 aromatic carbocycles. The first-order chi connectivity index (χ1) is 21.4. The van der Waals surface area contributed by atoms with Crippen molar-refractivity contribution in [1.29, 1.82) is 0 Å². The first-order valence-electron chi connectivity index (χ1n) is 15.3. The Morgan fingerprint density at radius 2 is 1.93 bits per heavy atom. The number of rotatable bonds is 9. The highest BCUT2D eigenvalue weighted by Crippen LogP contribution is 2.34. The van der Waals surface area contributed by atoms with Crippen LogP contribution in [0, 0.1) is 12.8 Å². The number of alkyl halides is 3. The molecule has 4 atom stereocenters. The molecule has 0 saturated carbocycles. The van der Waals surface area contributed by atoms with Crippen molar-refractivity contribution in [2.24, 2.45) is 5.92 Å². The van der Waals surface area contributed by atoms with E-state index in [9.17, 15) is 22.8 Å². The lowest BCUT2D eigenvalue weighted by atomic mass is 9.91. The Bertz CT molecular complexity index is 1520. The Morgan fingerprint density at radius 1 is 1.20 bits per heavy atom. The van der Waals surface area contributed by atoms with Gasteiger partial charge in [0.25, 0.3) is 5.91 Å². The number of ether oxygens (including phenoxy) is 1. The summed E-state index contributed by atoms with van der Waals surface area (Å²) in [7, 11) is 3.37. The molecule has 3 N–H and O–H groups in total. The second kappa shape index (κ2) is 13.4. The van der Waals surface area contributed by atoms with Gasteiger partial charge in [-0.2, -0.15) is 13.2 Å². The maximum absolute atomic E-state index is 13.9. The number of anilines is 1. The molecule has 0 aliphatic carbocycles. The lowest BCUT2D eigenvalue weighted by Crippen LogP contribution is -2.53. The van der Waals surface area contributed by atoms with Crippen molar-refractivity contribution in [3.05, 3.63) is 53.5 Å². The van der Waals surface area contributed by atoms with Gasteiger partial charge in [0.2, 0.25) is 5.91 Å². The van der Waals surface area contributed by atoms with Gasteiger partial charge in [0, 0.05) is 93.7 Å². The van der Waals surface area contributed by atoms with E-state index in [2.05, 4.69) is 30.2 Å². The van der Waals surface area contributed by atoms with Crippen molar-refractivity contribution < 1.29 is 27.5 Å². The van der Waals surface area contributed by atoms with E-state index in [0.717, 1.165) is 33.7 Å². The minimum atomic E-state index is -4.24. The van der Waals surface area contributed by atoms with Crippen LogP contribution in [0.25, 0.3) is 16.6 Å². The number of hydrogen-bond acceptors (Lipinski definition) is 7. The van der Waals surface area contributed by atoms with Crippen LogP contribution in [0.4, 0.5) is 19.0 Å². The summed E-state index contributed by atoms with van der Waals surface area (Å²) in [4.78, 5) is 34.7. The van der Waals surface area contributed by atoms with Crippen molar-refractivity contribution >= 4 is 23.1 Å². The fourth-order valence-corrected chi connectivity index (χ4v) is 6.67. The number of methoxy groups -OCH3 is 1. The highest BCUT2D eigenvalue weighted by atomic mass is 19.4. The van der Waals surface area contributed by atoms with Crippen LogP contribution in [0.5, 0.6) is 0 Å². The smallest absolute Gasteiger partial charge is 0.380 e. The predicted octanol–water partition coefficient (Wildman–Crippen LogP) is 3.86. The van der Waals surface area contributed by atoms with Crippen molar-refractivity contribution in [2.75, 3.05) is 58.7 Å². The summed E-state index contributed by atoms with van der Waals surface area (Å²) in [6, 6.07) is 7.49. The van der Waals surface area contributed by atoms with E-state index in [4.69, 9.17) is 4.74 Å². The number of amides is 2. The van der Waals surface area contributed by atoms with Gasteiger partial charge in [-0.05, 0) is 57.0 Å². The van der Waals surface area contributed by atoms with Gasteiger partial charge < -0.3 is 25.1 Å². The SMILES string of the molecule is CNc1ccc(-c2ccn3c(C(C)N4CCN(CC(F)(F)F)CC4)c(C)c(C(=O)NCC4C(=O)NC(C)CC4OC)cc23)cn1. The van der Waals surface area contributed by atoms with Crippen LogP contribution < -0.4 is 16.0 Å². The minimum Gasteiger partial charge on any atom is -0.380 e. The molecule has 2 aliphatic heterocycles. The molecule has 3 aromatic heterocycles. The molecule has 13 heteroatoms. The number of carbonyl (C=O) groups excluding carboxylic acids is 2. The van der Waals surface area contributed by atoms with Crippen LogP contribution >= 0.6 is 0 Å². The number of pyridine rings is 2. The maximum atomic E-state index is 13.9. The quantitative estimate of drug-likeness (QED) is 0.331. The summed E-state index contributed by atoms with van der Waals surface area (Å²) in [6.45, 7) is 6.58. The number of fused-ring (bicyclic) bond motifs is 1. The molecule has 5 heterocycles. The number of aromatic nitrogens is 2. The van der Waals surface area contributed by atoms with Gasteiger partial charge in [-0.15, -0.1) is 0 Å². The van der Waals surface area contributed by atoms with Crippen LogP contribution in [-0.2, 0) is 9.53 Å². The van der Waals surface area contributed by atoms with E-state index in [1.54, 1.807) is 20.4 Å². The molecule has 2 aliphatic rings. The highest BCUT2D eigenvalue weighted by Gasteiger charge is 2.36. The average molecular weight is 630 g/mol. The van der Waals surface area contributed by atoms with E-state index >= 15 is 0 Å². The van der Waals surface area contributed by atoms with E-state index in [0.29, 0.717) is 38.2 Å². The molecule has 2 fully saturated rings. The van der Waals surface area contributed by atoms with Gasteiger partial charge >= 0.3 is 6.18 Å². The zero-order valence-corrected chi connectivity index (χ0v) is 26.4. The van der Waals surface area contributed by atoms with Gasteiger partial charge in [0.1, 0.15) is 5.82 Å². The molecule has 4 unspecified atom stereocenters. The zero-order valence-electron chi connectivity index (χ0n) is 26.4. The Hall–Kier alpha value is -3.68. The fourth-order valence-electron chi connectivity index (χ4n) is 6.67. The summed E-state index contributed by atoms with van der Waals surface area (Å²) in [5.74, 6) is -0.257. The van der Waals surface area contributed by atoms with Gasteiger partial charge in [-0.3, -0.25) is 19.4 Å². The summed E-state index contributed by atoms with van der Waals surface area (Å²) in [6.07, 6.45) is -0.153. The number of nitrogens with zero attached hydrogens (tertiary/aromatic N) is 4. The maximum Gasteiger partial charge on any atom is 0.401 e. The topological polar surface area (TPSA) is 103 Å². The van der Waals surface area contributed by atoms with Crippen molar-refractivity contribution in [3.63, 3.8) is 0 Å². The largest absolute Gasteiger partial charge is 0.401 e. The Balaban J connectivity index is 1.48. The number of carbonyl (C=O) groups is 2. The molecule has 244 valence electrons. The third kappa shape index (κ3) is 7.10. The zero-order chi connectivity index (χ0) is 32.5. The molecule has 0 radical (unpaired) electrons. The molecular weight excluding hydrogens is 587 g/mol. The van der Waals surface area contributed by atoms with E-state index < -0.39 is 18.6 Å². The van der Waals surface area contributed by atoms with E-state index in [-0.39, 0.29) is 36.5 Å². The Labute approximate surface area is 261 Å². The summed E-state index contributed by atoms with van der Waals surface area (Å²) in [5, 5.41) is 8.95. The molecular formula is C32H42F3N7O3. The van der Waals surface area contributed by atoms with Crippen LogP contribution in [0.3, 0.4) is 0 Å². The van der Waals surface area contributed by atoms with Crippen molar-refractivity contribution in [3.8, 4) is 11.1 Å². The number of hydrogen-bond donors (Lipinski definition) is 3. The minimum absolute atomic E-state index is 0.0112. The molecule has 2 amide bonds. The molecule has 0 spiro atoms. The normalized spacial score (nSPS) is 22.3.